The lowest BCUT2D eigenvalue weighted by Crippen LogP contribution is -2.37. The van der Waals surface area contributed by atoms with Crippen LogP contribution in [0.4, 0.5) is 0 Å². The van der Waals surface area contributed by atoms with Crippen LogP contribution in [0, 0.1) is 5.92 Å². The first-order valence-electron chi connectivity index (χ1n) is 7.06. The van der Waals surface area contributed by atoms with Crippen LogP contribution in [0.15, 0.2) is 34.3 Å². The predicted molar refractivity (Wildman–Crippen MR) is 77.7 cm³/mol. The highest BCUT2D eigenvalue weighted by atomic mass is 32.2. The Balaban J connectivity index is 1.39. The molecule has 1 aliphatic carbocycles. The lowest BCUT2D eigenvalue weighted by molar-refractivity contribution is -0.131. The Bertz CT molecular complexity index is 583. The van der Waals surface area contributed by atoms with E-state index in [0.29, 0.717) is 12.3 Å². The monoisotopic (exact) mass is 288 g/mol. The van der Waals surface area contributed by atoms with Crippen LogP contribution in [-0.2, 0) is 9.63 Å². The summed E-state index contributed by atoms with van der Waals surface area (Å²) >= 11 is 1.79. The molecule has 0 spiro atoms. The highest BCUT2D eigenvalue weighted by Gasteiger charge is 2.37. The normalized spacial score (nSPS) is 27.7. The van der Waals surface area contributed by atoms with Gasteiger partial charge in [0.25, 0.3) is 5.91 Å². The van der Waals surface area contributed by atoms with Gasteiger partial charge in [-0.1, -0.05) is 23.4 Å². The second kappa shape index (κ2) is 4.81. The molecule has 0 bridgehead atoms. The van der Waals surface area contributed by atoms with Crippen molar-refractivity contribution in [3.8, 4) is 0 Å². The van der Waals surface area contributed by atoms with Gasteiger partial charge < -0.3 is 10.2 Å². The number of nitrogens with one attached hydrogen (secondary N) is 1. The summed E-state index contributed by atoms with van der Waals surface area (Å²) in [6, 6.07) is 8.34. The van der Waals surface area contributed by atoms with Crippen molar-refractivity contribution >= 4 is 23.4 Å². The molecular weight excluding hydrogens is 272 g/mol. The van der Waals surface area contributed by atoms with Gasteiger partial charge in [-0.3, -0.25) is 4.79 Å². The molecular formula is C15H16N2O2S. The summed E-state index contributed by atoms with van der Waals surface area (Å²) < 4.78 is 0. The van der Waals surface area contributed by atoms with Gasteiger partial charge in [0.1, 0.15) is 0 Å². The number of carbonyl (C=O) groups is 1. The molecule has 3 aliphatic rings. The van der Waals surface area contributed by atoms with Crippen molar-refractivity contribution in [2.75, 3.05) is 5.75 Å². The van der Waals surface area contributed by atoms with Gasteiger partial charge in [0.15, 0.2) is 0 Å². The fraction of sp³-hybridized carbons (Fsp3) is 0.467. The number of hydrogen-bond donors (Lipinski definition) is 1. The second-order valence-electron chi connectivity index (χ2n) is 5.57. The van der Waals surface area contributed by atoms with Gasteiger partial charge in [0.05, 0.1) is 11.8 Å². The Hall–Kier alpha value is -1.49. The van der Waals surface area contributed by atoms with Gasteiger partial charge in [0, 0.05) is 23.0 Å². The van der Waals surface area contributed by atoms with Gasteiger partial charge in [-0.25, -0.2) is 0 Å². The van der Waals surface area contributed by atoms with Crippen molar-refractivity contribution in [1.82, 2.24) is 5.32 Å². The molecule has 2 atom stereocenters. The number of amides is 1. The average molecular weight is 288 g/mol. The summed E-state index contributed by atoms with van der Waals surface area (Å²) in [6.45, 7) is 0. The zero-order valence-corrected chi connectivity index (χ0v) is 11.9. The van der Waals surface area contributed by atoms with Gasteiger partial charge >= 0.3 is 0 Å². The molecule has 20 heavy (non-hydrogen) atoms. The topological polar surface area (TPSA) is 50.7 Å². The van der Waals surface area contributed by atoms with Crippen molar-refractivity contribution in [2.24, 2.45) is 11.1 Å². The molecule has 2 heterocycles. The summed E-state index contributed by atoms with van der Waals surface area (Å²) in [5, 5.41) is 7.17. The molecule has 104 valence electrons. The maximum atomic E-state index is 12.3. The van der Waals surface area contributed by atoms with Crippen molar-refractivity contribution in [1.29, 1.82) is 0 Å². The number of nitrogens with zero attached hydrogens (tertiary/aromatic N) is 1. The van der Waals surface area contributed by atoms with Crippen molar-refractivity contribution in [3.05, 3.63) is 29.8 Å². The van der Waals surface area contributed by atoms with Crippen LogP contribution in [0.2, 0.25) is 0 Å². The number of rotatable bonds is 3. The molecule has 1 aromatic rings. The number of fused-ring (bicyclic) bond motifs is 1. The van der Waals surface area contributed by atoms with E-state index in [1.54, 1.807) is 11.8 Å². The lowest BCUT2D eigenvalue weighted by atomic mass is 10.1. The first-order chi connectivity index (χ1) is 9.81. The SMILES string of the molecule is O=C(NC1CSc2ccccc21)C1CC(C2CC2)=NO1. The highest BCUT2D eigenvalue weighted by Crippen LogP contribution is 2.38. The molecule has 0 radical (unpaired) electrons. The zero-order valence-electron chi connectivity index (χ0n) is 11.0. The third-order valence-electron chi connectivity index (χ3n) is 4.05. The highest BCUT2D eigenvalue weighted by molar-refractivity contribution is 7.99. The number of carbonyl (C=O) groups excluding carboxylic acids is 1. The molecule has 4 nitrogen and oxygen atoms in total. The minimum atomic E-state index is -0.427. The van der Waals surface area contributed by atoms with Gasteiger partial charge in [0.2, 0.25) is 6.10 Å². The molecule has 4 rings (SSSR count). The Morgan fingerprint density at radius 1 is 1.35 bits per heavy atom. The Morgan fingerprint density at radius 3 is 3.05 bits per heavy atom. The average Bonchev–Trinajstić information content (AvgIpc) is 3.06. The summed E-state index contributed by atoms with van der Waals surface area (Å²) in [4.78, 5) is 18.8. The van der Waals surface area contributed by atoms with Crippen molar-refractivity contribution in [3.63, 3.8) is 0 Å². The van der Waals surface area contributed by atoms with Gasteiger partial charge in [-0.05, 0) is 24.5 Å². The predicted octanol–water partition coefficient (Wildman–Crippen LogP) is 2.50. The second-order valence-corrected chi connectivity index (χ2v) is 6.63. The molecule has 0 saturated heterocycles. The molecule has 1 amide bonds. The molecule has 1 fully saturated rings. The van der Waals surface area contributed by atoms with E-state index < -0.39 is 6.10 Å². The summed E-state index contributed by atoms with van der Waals surface area (Å²) in [5.41, 5.74) is 2.29. The molecule has 2 aliphatic heterocycles. The van der Waals surface area contributed by atoms with Crippen molar-refractivity contribution < 1.29 is 9.63 Å². The molecule has 2 unspecified atom stereocenters. The summed E-state index contributed by atoms with van der Waals surface area (Å²) in [7, 11) is 0. The van der Waals surface area contributed by atoms with E-state index in [4.69, 9.17) is 4.84 Å². The van der Waals surface area contributed by atoms with E-state index in [9.17, 15) is 4.79 Å². The molecule has 1 N–H and O–H groups in total. The Morgan fingerprint density at radius 2 is 2.20 bits per heavy atom. The van der Waals surface area contributed by atoms with E-state index in [1.807, 2.05) is 12.1 Å². The van der Waals surface area contributed by atoms with Crippen LogP contribution in [0.1, 0.15) is 30.9 Å². The number of hydrogen-bond acceptors (Lipinski definition) is 4. The van der Waals surface area contributed by atoms with Crippen LogP contribution in [0.3, 0.4) is 0 Å². The van der Waals surface area contributed by atoms with E-state index >= 15 is 0 Å². The van der Waals surface area contributed by atoms with Crippen LogP contribution in [-0.4, -0.2) is 23.5 Å². The van der Waals surface area contributed by atoms with Crippen molar-refractivity contribution in [2.45, 2.75) is 36.3 Å². The molecule has 5 heteroatoms. The van der Waals surface area contributed by atoms with Gasteiger partial charge in [-0.15, -0.1) is 11.8 Å². The number of oxime groups is 1. The smallest absolute Gasteiger partial charge is 0.264 e. The lowest BCUT2D eigenvalue weighted by Gasteiger charge is -2.15. The Labute approximate surface area is 121 Å². The minimum absolute atomic E-state index is 0.0355. The minimum Gasteiger partial charge on any atom is -0.382 e. The number of benzene rings is 1. The van der Waals surface area contributed by atoms with Gasteiger partial charge in [-0.2, -0.15) is 0 Å². The number of thioether (sulfide) groups is 1. The van der Waals surface area contributed by atoms with Crippen LogP contribution < -0.4 is 5.32 Å². The first kappa shape index (κ1) is 12.3. The maximum absolute atomic E-state index is 12.3. The molecule has 1 aromatic carbocycles. The summed E-state index contributed by atoms with van der Waals surface area (Å²) in [5.74, 6) is 1.44. The summed E-state index contributed by atoms with van der Waals surface area (Å²) in [6.07, 6.45) is 2.63. The zero-order chi connectivity index (χ0) is 13.5. The van der Waals surface area contributed by atoms with E-state index in [1.165, 1.54) is 23.3 Å². The van der Waals surface area contributed by atoms with Crippen LogP contribution in [0.5, 0.6) is 0 Å². The standard InChI is InChI=1S/C15H16N2O2S/c18-15(13-7-11(17-19-13)9-5-6-9)16-12-8-20-14-4-2-1-3-10(12)14/h1-4,9,12-13H,5-8H2,(H,16,18). The van der Waals surface area contributed by atoms with Crippen LogP contribution >= 0.6 is 11.8 Å². The fourth-order valence-corrected chi connectivity index (χ4v) is 3.90. The van der Waals surface area contributed by atoms with E-state index in [-0.39, 0.29) is 11.9 Å². The third kappa shape index (κ3) is 2.20. The quantitative estimate of drug-likeness (QED) is 0.929. The van der Waals surface area contributed by atoms with Crippen LogP contribution in [0.25, 0.3) is 0 Å². The molecule has 0 aromatic heterocycles. The molecule has 1 saturated carbocycles. The Kier molecular flexibility index (Phi) is 2.95. The van der Waals surface area contributed by atoms with E-state index in [2.05, 4.69) is 22.6 Å². The van der Waals surface area contributed by atoms with E-state index in [0.717, 1.165) is 11.5 Å². The third-order valence-corrected chi connectivity index (χ3v) is 5.23. The largest absolute Gasteiger partial charge is 0.382 e. The fourth-order valence-electron chi connectivity index (χ4n) is 2.74. The maximum Gasteiger partial charge on any atom is 0.264 e. The first-order valence-corrected chi connectivity index (χ1v) is 8.04.